The highest BCUT2D eigenvalue weighted by molar-refractivity contribution is 5.98. The fourth-order valence-electron chi connectivity index (χ4n) is 3.52. The number of rotatable bonds is 2. The van der Waals surface area contributed by atoms with Gasteiger partial charge >= 0.3 is 0 Å². The van der Waals surface area contributed by atoms with Gasteiger partial charge in [0.2, 0.25) is 0 Å². The van der Waals surface area contributed by atoms with Crippen molar-refractivity contribution in [2.24, 2.45) is 0 Å². The molecule has 21 heavy (non-hydrogen) atoms. The average molecular weight is 290 g/mol. The smallest absolute Gasteiger partial charge is 0.259 e. The van der Waals surface area contributed by atoms with Gasteiger partial charge in [0.1, 0.15) is 11.3 Å². The molecule has 0 saturated carbocycles. The number of carbonyl (C=O) groups excluding carboxylic acids is 1. The molecule has 1 aromatic rings. The third-order valence-electron chi connectivity index (χ3n) is 4.67. The summed E-state index contributed by atoms with van der Waals surface area (Å²) in [5.74, 6) is 0.445. The second-order valence-corrected chi connectivity index (χ2v) is 5.97. The first-order valence-corrected chi connectivity index (χ1v) is 7.75. The van der Waals surface area contributed by atoms with Gasteiger partial charge in [-0.3, -0.25) is 9.59 Å². The zero-order valence-electron chi connectivity index (χ0n) is 12.7. The Hall–Kier alpha value is -1.78. The molecule has 0 spiro atoms. The molecule has 1 fully saturated rings. The van der Waals surface area contributed by atoms with Gasteiger partial charge in [-0.2, -0.15) is 0 Å². The Kier molecular flexibility index (Phi) is 3.74. The summed E-state index contributed by atoms with van der Waals surface area (Å²) in [6, 6.07) is 1.71. The lowest BCUT2D eigenvalue weighted by Gasteiger charge is -2.34. The number of methoxy groups -OCH3 is 1. The van der Waals surface area contributed by atoms with Crippen LogP contribution in [0.4, 0.5) is 0 Å². The van der Waals surface area contributed by atoms with E-state index in [0.717, 1.165) is 37.9 Å². The van der Waals surface area contributed by atoms with Crippen LogP contribution in [0.1, 0.15) is 48.7 Å². The second-order valence-electron chi connectivity index (χ2n) is 5.97. The Balaban J connectivity index is 2.07. The molecule has 0 N–H and O–H groups in total. The van der Waals surface area contributed by atoms with Crippen molar-refractivity contribution in [3.8, 4) is 5.75 Å². The molecule has 0 aliphatic carbocycles. The minimum atomic E-state index is -0.0670. The molecule has 0 radical (unpaired) electrons. The second kappa shape index (κ2) is 5.54. The van der Waals surface area contributed by atoms with Gasteiger partial charge < -0.3 is 14.2 Å². The van der Waals surface area contributed by atoms with Gasteiger partial charge in [0.05, 0.1) is 7.11 Å². The lowest BCUT2D eigenvalue weighted by Crippen LogP contribution is -2.43. The highest BCUT2D eigenvalue weighted by atomic mass is 16.5. The molecule has 1 amide bonds. The van der Waals surface area contributed by atoms with Gasteiger partial charge in [0.15, 0.2) is 0 Å². The fourth-order valence-corrected chi connectivity index (χ4v) is 3.52. The van der Waals surface area contributed by atoms with Crippen molar-refractivity contribution in [2.45, 2.75) is 51.6 Å². The summed E-state index contributed by atoms with van der Waals surface area (Å²) in [6.45, 7) is 3.59. The quantitative estimate of drug-likeness (QED) is 0.835. The number of aromatic nitrogens is 1. The zero-order valence-corrected chi connectivity index (χ0v) is 12.7. The summed E-state index contributed by atoms with van der Waals surface area (Å²) in [5, 5.41) is 0. The summed E-state index contributed by atoms with van der Waals surface area (Å²) < 4.78 is 7.06. The Morgan fingerprint density at radius 1 is 1.29 bits per heavy atom. The van der Waals surface area contributed by atoms with E-state index >= 15 is 0 Å². The Bertz CT molecular complexity index is 621. The molecule has 0 unspecified atom stereocenters. The van der Waals surface area contributed by atoms with Crippen molar-refractivity contribution in [3.63, 3.8) is 0 Å². The SMILES string of the molecule is COc1cc(=O)n2c(c1C(=O)N1CCCC[C@H]1C)CCC2. The van der Waals surface area contributed by atoms with E-state index in [4.69, 9.17) is 4.74 Å². The molecular weight excluding hydrogens is 268 g/mol. The molecule has 1 saturated heterocycles. The van der Waals surface area contributed by atoms with Crippen LogP contribution in [0.3, 0.4) is 0 Å². The first-order valence-electron chi connectivity index (χ1n) is 7.75. The molecule has 2 aliphatic rings. The first-order chi connectivity index (χ1) is 10.1. The Morgan fingerprint density at radius 3 is 2.81 bits per heavy atom. The number of nitrogens with zero attached hydrogens (tertiary/aromatic N) is 2. The monoisotopic (exact) mass is 290 g/mol. The van der Waals surface area contributed by atoms with Crippen LogP contribution >= 0.6 is 0 Å². The maximum Gasteiger partial charge on any atom is 0.259 e. The number of hydrogen-bond donors (Lipinski definition) is 0. The highest BCUT2D eigenvalue weighted by Crippen LogP contribution is 2.29. The predicted octanol–water partition coefficient (Wildman–Crippen LogP) is 1.82. The zero-order chi connectivity index (χ0) is 15.0. The van der Waals surface area contributed by atoms with Crippen LogP contribution in [0, 0.1) is 0 Å². The number of ether oxygens (including phenoxy) is 1. The predicted molar refractivity (Wildman–Crippen MR) is 79.9 cm³/mol. The van der Waals surface area contributed by atoms with Crippen LogP contribution in [0.2, 0.25) is 0 Å². The third kappa shape index (κ3) is 2.34. The number of fused-ring (bicyclic) bond motifs is 1. The largest absolute Gasteiger partial charge is 0.496 e. The van der Waals surface area contributed by atoms with Gasteiger partial charge in [0.25, 0.3) is 11.5 Å². The highest BCUT2D eigenvalue weighted by Gasteiger charge is 2.31. The average Bonchev–Trinajstić information content (AvgIpc) is 2.96. The van der Waals surface area contributed by atoms with Crippen molar-refractivity contribution in [1.29, 1.82) is 0 Å². The van der Waals surface area contributed by atoms with Crippen LogP contribution in [0.15, 0.2) is 10.9 Å². The topological polar surface area (TPSA) is 51.5 Å². The minimum Gasteiger partial charge on any atom is -0.496 e. The van der Waals surface area contributed by atoms with Gasteiger partial charge in [-0.15, -0.1) is 0 Å². The molecule has 114 valence electrons. The molecule has 1 aromatic heterocycles. The minimum absolute atomic E-state index is 0.0182. The third-order valence-corrected chi connectivity index (χ3v) is 4.67. The summed E-state index contributed by atoms with van der Waals surface area (Å²) in [4.78, 5) is 27.0. The number of amides is 1. The summed E-state index contributed by atoms with van der Waals surface area (Å²) >= 11 is 0. The van der Waals surface area contributed by atoms with Crippen LogP contribution in [-0.4, -0.2) is 35.1 Å². The molecule has 5 nitrogen and oxygen atoms in total. The van der Waals surface area contributed by atoms with E-state index in [1.54, 1.807) is 4.57 Å². The number of pyridine rings is 1. The lowest BCUT2D eigenvalue weighted by atomic mass is 10.0. The molecule has 3 rings (SSSR count). The molecule has 0 bridgehead atoms. The van der Waals surface area contributed by atoms with Crippen LogP contribution in [0.25, 0.3) is 0 Å². The van der Waals surface area contributed by atoms with Crippen LogP contribution < -0.4 is 10.3 Å². The number of piperidine rings is 1. The first kappa shape index (κ1) is 14.2. The molecule has 2 aliphatic heterocycles. The van der Waals surface area contributed by atoms with E-state index in [9.17, 15) is 9.59 Å². The van der Waals surface area contributed by atoms with E-state index < -0.39 is 0 Å². The Morgan fingerprint density at radius 2 is 2.10 bits per heavy atom. The van der Waals surface area contributed by atoms with Crippen molar-refractivity contribution in [2.75, 3.05) is 13.7 Å². The van der Waals surface area contributed by atoms with E-state index in [0.29, 0.717) is 17.9 Å². The maximum absolute atomic E-state index is 13.0. The molecule has 5 heteroatoms. The van der Waals surface area contributed by atoms with E-state index in [2.05, 4.69) is 6.92 Å². The molecule has 1 atom stereocenters. The maximum atomic E-state index is 13.0. The number of likely N-dealkylation sites (tertiary alicyclic amines) is 1. The summed E-state index contributed by atoms with van der Waals surface area (Å²) in [7, 11) is 1.52. The van der Waals surface area contributed by atoms with Crippen molar-refractivity contribution < 1.29 is 9.53 Å². The fraction of sp³-hybridized carbons (Fsp3) is 0.625. The van der Waals surface area contributed by atoms with Crippen molar-refractivity contribution in [3.05, 3.63) is 27.7 Å². The molecular formula is C16H22N2O3. The molecule has 3 heterocycles. The van der Waals surface area contributed by atoms with Crippen molar-refractivity contribution in [1.82, 2.24) is 9.47 Å². The van der Waals surface area contributed by atoms with E-state index in [1.165, 1.54) is 19.6 Å². The summed E-state index contributed by atoms with van der Waals surface area (Å²) in [5.41, 5.74) is 1.38. The summed E-state index contributed by atoms with van der Waals surface area (Å²) in [6.07, 6.45) is 4.96. The van der Waals surface area contributed by atoms with Crippen molar-refractivity contribution >= 4 is 5.91 Å². The standard InChI is InChI=1S/C16H22N2O3/c1-11-6-3-4-8-17(11)16(20)15-12-7-5-9-18(12)14(19)10-13(15)21-2/h10-11H,3-9H2,1-2H3/t11-/m1/s1. The van der Waals surface area contributed by atoms with Crippen LogP contribution in [-0.2, 0) is 13.0 Å². The Labute approximate surface area is 124 Å². The van der Waals surface area contributed by atoms with Gasteiger partial charge in [-0.05, 0) is 39.0 Å². The van der Waals surface area contributed by atoms with Gasteiger partial charge in [-0.1, -0.05) is 0 Å². The lowest BCUT2D eigenvalue weighted by molar-refractivity contribution is 0.0630. The normalized spacial score (nSPS) is 21.2. The number of carbonyl (C=O) groups is 1. The van der Waals surface area contributed by atoms with Gasteiger partial charge in [-0.25, -0.2) is 0 Å². The van der Waals surface area contributed by atoms with Gasteiger partial charge in [0, 0.05) is 30.9 Å². The van der Waals surface area contributed by atoms with E-state index in [1.807, 2.05) is 4.90 Å². The number of hydrogen-bond acceptors (Lipinski definition) is 3. The molecule has 0 aromatic carbocycles. The van der Waals surface area contributed by atoms with Crippen LogP contribution in [0.5, 0.6) is 5.75 Å². The van der Waals surface area contributed by atoms with E-state index in [-0.39, 0.29) is 17.5 Å².